The molecule has 1 atom stereocenters. The molecule has 0 saturated carbocycles. The molecule has 0 spiro atoms. The van der Waals surface area contributed by atoms with Crippen LogP contribution in [0.4, 0.5) is 0 Å². The van der Waals surface area contributed by atoms with Gasteiger partial charge in [0.1, 0.15) is 6.07 Å². The van der Waals surface area contributed by atoms with Crippen LogP contribution >= 0.6 is 7.75 Å². The Kier molecular flexibility index (Phi) is 4.85. The summed E-state index contributed by atoms with van der Waals surface area (Å²) in [6, 6.07) is 10.5. The van der Waals surface area contributed by atoms with Gasteiger partial charge >= 0.3 is 7.75 Å². The highest BCUT2D eigenvalue weighted by atomic mass is 31.2. The van der Waals surface area contributed by atoms with Gasteiger partial charge in [-0.05, 0) is 6.92 Å². The van der Waals surface area contributed by atoms with Crippen molar-refractivity contribution in [1.29, 1.82) is 5.26 Å². The quantitative estimate of drug-likeness (QED) is 0.492. The lowest BCUT2D eigenvalue weighted by Crippen LogP contribution is -2.04. The highest BCUT2D eigenvalue weighted by molar-refractivity contribution is 7.51. The van der Waals surface area contributed by atoms with Gasteiger partial charge in [-0.3, -0.25) is 4.52 Å². The zero-order chi connectivity index (χ0) is 12.7. The zero-order valence-corrected chi connectivity index (χ0v) is 10.1. The lowest BCUT2D eigenvalue weighted by atomic mass is 10.1. The summed E-state index contributed by atoms with van der Waals surface area (Å²) in [6.07, 6.45) is 0. The molecule has 7 heteroatoms. The molecule has 0 heterocycles. The maximum Gasteiger partial charge on any atom is 0.476 e. The second kappa shape index (κ2) is 6.16. The van der Waals surface area contributed by atoms with Crippen molar-refractivity contribution in [1.82, 2.24) is 0 Å². The topological polar surface area (TPSA) is 97.7 Å². The van der Waals surface area contributed by atoms with Crippen molar-refractivity contribution < 1.29 is 13.7 Å². The van der Waals surface area contributed by atoms with Crippen molar-refractivity contribution >= 4 is 13.5 Å². The van der Waals surface area contributed by atoms with E-state index < -0.39 is 7.75 Å². The van der Waals surface area contributed by atoms with E-state index in [0.717, 1.165) is 0 Å². The van der Waals surface area contributed by atoms with E-state index in [2.05, 4.69) is 14.3 Å². The van der Waals surface area contributed by atoms with Crippen molar-refractivity contribution in [2.75, 3.05) is 6.61 Å². The Morgan fingerprint density at radius 2 is 2.18 bits per heavy atom. The number of oxime groups is 1. The molecule has 1 aromatic rings. The minimum atomic E-state index is -3.72. The average Bonchev–Trinajstić information content (AvgIpc) is 2.31. The van der Waals surface area contributed by atoms with Crippen LogP contribution in [-0.4, -0.2) is 12.3 Å². The first-order valence-corrected chi connectivity index (χ1v) is 6.45. The van der Waals surface area contributed by atoms with Gasteiger partial charge in [0.2, 0.25) is 0 Å². The molecular formula is C10H12N3O3P. The third kappa shape index (κ3) is 4.37. The van der Waals surface area contributed by atoms with Crippen LogP contribution in [-0.2, 0) is 13.7 Å². The van der Waals surface area contributed by atoms with Crippen molar-refractivity contribution in [3.8, 4) is 6.07 Å². The van der Waals surface area contributed by atoms with Crippen LogP contribution < -0.4 is 5.50 Å². The normalized spacial score (nSPS) is 14.8. The van der Waals surface area contributed by atoms with Crippen molar-refractivity contribution in [3.05, 3.63) is 35.9 Å². The standard InChI is InChI=1S/C10H12N3O3P/c1-2-15-17(12,14)16-13-10(8-11)9-6-4-3-5-7-9/h3-7H,2H2,1H3,(H2,12,14)/b13-10-. The molecule has 0 aromatic heterocycles. The first kappa shape index (κ1) is 13.4. The van der Waals surface area contributed by atoms with Gasteiger partial charge in [0.25, 0.3) is 0 Å². The maximum absolute atomic E-state index is 11.4. The maximum atomic E-state index is 11.4. The van der Waals surface area contributed by atoms with Gasteiger partial charge in [0.15, 0.2) is 5.71 Å². The molecule has 2 N–H and O–H groups in total. The number of rotatable bonds is 5. The highest BCUT2D eigenvalue weighted by Crippen LogP contribution is 2.39. The molecule has 0 amide bonds. The lowest BCUT2D eigenvalue weighted by Gasteiger charge is -2.08. The van der Waals surface area contributed by atoms with E-state index in [-0.39, 0.29) is 12.3 Å². The molecule has 0 aliphatic heterocycles. The smallest absolute Gasteiger partial charge is 0.300 e. The van der Waals surface area contributed by atoms with Crippen molar-refractivity contribution in [3.63, 3.8) is 0 Å². The molecule has 0 fully saturated rings. The van der Waals surface area contributed by atoms with E-state index >= 15 is 0 Å². The van der Waals surface area contributed by atoms with Crippen molar-refractivity contribution in [2.24, 2.45) is 10.7 Å². The molecule has 1 rings (SSSR count). The summed E-state index contributed by atoms with van der Waals surface area (Å²) in [7, 11) is -3.72. The minimum absolute atomic E-state index is 0.0176. The lowest BCUT2D eigenvalue weighted by molar-refractivity contribution is 0.220. The number of nitrogens with zero attached hydrogens (tertiary/aromatic N) is 2. The van der Waals surface area contributed by atoms with Gasteiger partial charge in [-0.15, -0.1) is 0 Å². The predicted molar refractivity (Wildman–Crippen MR) is 63.1 cm³/mol. The molecule has 6 nitrogen and oxygen atoms in total. The van der Waals surface area contributed by atoms with E-state index in [9.17, 15) is 4.57 Å². The van der Waals surface area contributed by atoms with Gasteiger partial charge in [0, 0.05) is 5.56 Å². The first-order chi connectivity index (χ1) is 8.09. The molecule has 0 bridgehead atoms. The largest absolute Gasteiger partial charge is 0.476 e. The predicted octanol–water partition coefficient (Wildman–Crippen LogP) is 2.03. The summed E-state index contributed by atoms with van der Waals surface area (Å²) in [5.41, 5.74) is 5.73. The third-order valence-corrected chi connectivity index (χ3v) is 2.64. The van der Waals surface area contributed by atoms with Gasteiger partial charge < -0.3 is 4.62 Å². The van der Waals surface area contributed by atoms with Crippen LogP contribution in [0.1, 0.15) is 12.5 Å². The summed E-state index contributed by atoms with van der Waals surface area (Å²) in [6.45, 7) is 1.76. The average molecular weight is 253 g/mol. The Morgan fingerprint density at radius 3 is 2.71 bits per heavy atom. The van der Waals surface area contributed by atoms with Crippen LogP contribution in [0.3, 0.4) is 0 Å². The Bertz CT molecular complexity index is 481. The third-order valence-electron chi connectivity index (χ3n) is 1.71. The first-order valence-electron chi connectivity index (χ1n) is 4.84. The van der Waals surface area contributed by atoms with Crippen LogP contribution in [0.2, 0.25) is 0 Å². The molecule has 17 heavy (non-hydrogen) atoms. The van der Waals surface area contributed by atoms with E-state index in [1.165, 1.54) is 0 Å². The molecule has 1 aromatic carbocycles. The number of nitrogens with two attached hydrogens (primary N) is 1. The van der Waals surface area contributed by atoms with Crippen LogP contribution in [0, 0.1) is 11.3 Å². The summed E-state index contributed by atoms with van der Waals surface area (Å²) in [5, 5.41) is 12.3. The fourth-order valence-corrected chi connectivity index (χ4v) is 1.64. The second-order valence-electron chi connectivity index (χ2n) is 2.96. The summed E-state index contributed by atoms with van der Waals surface area (Å²) in [4.78, 5) is 0. The fourth-order valence-electron chi connectivity index (χ4n) is 1.03. The Labute approximate surface area is 99.2 Å². The monoisotopic (exact) mass is 253 g/mol. The van der Waals surface area contributed by atoms with Crippen molar-refractivity contribution in [2.45, 2.75) is 6.92 Å². The number of hydrogen-bond donors (Lipinski definition) is 1. The second-order valence-corrected chi connectivity index (χ2v) is 4.46. The molecular weight excluding hydrogens is 241 g/mol. The van der Waals surface area contributed by atoms with E-state index in [4.69, 9.17) is 10.8 Å². The molecule has 1 unspecified atom stereocenters. The van der Waals surface area contributed by atoms with E-state index in [1.807, 2.05) is 6.07 Å². The van der Waals surface area contributed by atoms with Gasteiger partial charge in [0.05, 0.1) is 6.61 Å². The molecule has 0 radical (unpaired) electrons. The Morgan fingerprint density at radius 1 is 1.53 bits per heavy atom. The summed E-state index contributed by atoms with van der Waals surface area (Å²) >= 11 is 0. The SMILES string of the molecule is CCOP(N)(=O)O/N=C(/C#N)c1ccccc1. The van der Waals surface area contributed by atoms with Gasteiger partial charge in [-0.1, -0.05) is 35.5 Å². The van der Waals surface area contributed by atoms with Gasteiger partial charge in [-0.2, -0.15) is 5.26 Å². The Hall–Kier alpha value is -1.67. The van der Waals surface area contributed by atoms with Gasteiger partial charge in [-0.25, -0.2) is 10.1 Å². The summed E-state index contributed by atoms with van der Waals surface area (Å²) < 4.78 is 20.6. The fraction of sp³-hybridized carbons (Fsp3) is 0.200. The molecule has 0 aliphatic rings. The van der Waals surface area contributed by atoms with E-state index in [1.54, 1.807) is 37.3 Å². The van der Waals surface area contributed by atoms with Crippen LogP contribution in [0.25, 0.3) is 0 Å². The number of nitriles is 1. The van der Waals surface area contributed by atoms with E-state index in [0.29, 0.717) is 5.56 Å². The van der Waals surface area contributed by atoms with Crippen LogP contribution in [0.5, 0.6) is 0 Å². The molecule has 0 aliphatic carbocycles. The Balaban J connectivity index is 2.84. The summed E-state index contributed by atoms with van der Waals surface area (Å²) in [5.74, 6) is 0. The molecule has 0 saturated heterocycles. The highest BCUT2D eigenvalue weighted by Gasteiger charge is 2.18. The number of benzene rings is 1. The van der Waals surface area contributed by atoms with Crippen LogP contribution in [0.15, 0.2) is 35.5 Å². The number of hydrogen-bond acceptors (Lipinski definition) is 5. The zero-order valence-electron chi connectivity index (χ0n) is 9.24. The molecule has 90 valence electrons. The minimum Gasteiger partial charge on any atom is -0.300 e.